The lowest BCUT2D eigenvalue weighted by atomic mass is 10.1. The summed E-state index contributed by atoms with van der Waals surface area (Å²) in [4.78, 5) is 4.43. The lowest BCUT2D eigenvalue weighted by Gasteiger charge is -2.19. The van der Waals surface area contributed by atoms with E-state index in [-0.39, 0.29) is 0 Å². The molecule has 0 saturated heterocycles. The Morgan fingerprint density at radius 2 is 2.50 bits per heavy atom. The van der Waals surface area contributed by atoms with Crippen LogP contribution in [0.15, 0.2) is 6.33 Å². The van der Waals surface area contributed by atoms with Crippen LogP contribution in [-0.2, 0) is 23.8 Å². The lowest BCUT2D eigenvalue weighted by Crippen LogP contribution is -2.25. The Morgan fingerprint density at radius 3 is 3.25 bits per heavy atom. The van der Waals surface area contributed by atoms with E-state index in [0.717, 1.165) is 31.7 Å². The maximum absolute atomic E-state index is 11.1. The molecule has 1 aromatic rings. The SMILES string of the molecule is CC(CCS(C)=O)n1cnc2c1CCNC2. The van der Waals surface area contributed by atoms with Gasteiger partial charge in [0, 0.05) is 54.1 Å². The second-order valence-electron chi connectivity index (χ2n) is 4.39. The molecule has 0 aliphatic carbocycles. The minimum atomic E-state index is -0.696. The van der Waals surface area contributed by atoms with E-state index < -0.39 is 10.8 Å². The van der Waals surface area contributed by atoms with Gasteiger partial charge in [0.1, 0.15) is 0 Å². The van der Waals surface area contributed by atoms with Gasteiger partial charge in [0.25, 0.3) is 0 Å². The summed E-state index contributed by atoms with van der Waals surface area (Å²) in [6, 6.07) is 0.401. The van der Waals surface area contributed by atoms with Gasteiger partial charge in [-0.05, 0) is 13.3 Å². The normalized spacial score (nSPS) is 19.1. The van der Waals surface area contributed by atoms with Crippen molar-refractivity contribution in [1.29, 1.82) is 0 Å². The van der Waals surface area contributed by atoms with Crippen LogP contribution in [-0.4, -0.2) is 32.3 Å². The number of rotatable bonds is 4. The molecule has 2 rings (SSSR count). The third-order valence-electron chi connectivity index (χ3n) is 3.11. The van der Waals surface area contributed by atoms with Crippen LogP contribution in [0.3, 0.4) is 0 Å². The number of nitrogens with zero attached hydrogens (tertiary/aromatic N) is 2. The van der Waals surface area contributed by atoms with Crippen molar-refractivity contribution in [3.8, 4) is 0 Å². The molecule has 0 amide bonds. The maximum atomic E-state index is 11.1. The molecular weight excluding hydrogens is 222 g/mol. The highest BCUT2D eigenvalue weighted by atomic mass is 32.2. The smallest absolute Gasteiger partial charge is 0.0954 e. The molecule has 2 atom stereocenters. The monoisotopic (exact) mass is 241 g/mol. The van der Waals surface area contributed by atoms with E-state index in [0.29, 0.717) is 6.04 Å². The largest absolute Gasteiger partial charge is 0.331 e. The van der Waals surface area contributed by atoms with Crippen LogP contribution >= 0.6 is 0 Å². The van der Waals surface area contributed by atoms with E-state index >= 15 is 0 Å². The molecule has 16 heavy (non-hydrogen) atoms. The Bertz CT molecular complexity index is 389. The first-order valence-electron chi connectivity index (χ1n) is 5.74. The van der Waals surface area contributed by atoms with Crippen LogP contribution in [0, 0.1) is 0 Å². The first-order valence-corrected chi connectivity index (χ1v) is 7.46. The second kappa shape index (κ2) is 5.10. The number of fused-ring (bicyclic) bond motifs is 1. The molecule has 0 spiro atoms. The highest BCUT2D eigenvalue weighted by Crippen LogP contribution is 2.19. The quantitative estimate of drug-likeness (QED) is 0.850. The topological polar surface area (TPSA) is 46.9 Å². The molecule has 1 aliphatic rings. The van der Waals surface area contributed by atoms with Gasteiger partial charge in [-0.25, -0.2) is 4.98 Å². The van der Waals surface area contributed by atoms with Gasteiger partial charge in [-0.15, -0.1) is 0 Å². The van der Waals surface area contributed by atoms with Gasteiger partial charge in [-0.1, -0.05) is 0 Å². The first kappa shape index (κ1) is 11.8. The van der Waals surface area contributed by atoms with Gasteiger partial charge in [-0.3, -0.25) is 4.21 Å². The summed E-state index contributed by atoms with van der Waals surface area (Å²) in [6.07, 6.45) is 5.70. The Kier molecular flexibility index (Phi) is 3.76. The summed E-state index contributed by atoms with van der Waals surface area (Å²) in [7, 11) is -0.696. The summed E-state index contributed by atoms with van der Waals surface area (Å²) < 4.78 is 13.3. The zero-order chi connectivity index (χ0) is 11.5. The van der Waals surface area contributed by atoms with E-state index in [4.69, 9.17) is 0 Å². The molecule has 4 nitrogen and oxygen atoms in total. The molecule has 0 bridgehead atoms. The summed E-state index contributed by atoms with van der Waals surface area (Å²) in [5.74, 6) is 0.770. The summed E-state index contributed by atoms with van der Waals surface area (Å²) in [5.41, 5.74) is 2.53. The molecule has 2 unspecified atom stereocenters. The van der Waals surface area contributed by atoms with Crippen LogP contribution in [0.1, 0.15) is 30.8 Å². The van der Waals surface area contributed by atoms with Crippen molar-refractivity contribution in [3.63, 3.8) is 0 Å². The molecule has 0 fully saturated rings. The third kappa shape index (κ3) is 2.52. The molecule has 0 aromatic carbocycles. The standard InChI is InChI=1S/C11H19N3OS/c1-9(4-6-16(2)15)14-8-13-10-7-12-5-3-11(10)14/h8-9,12H,3-7H2,1-2H3. The van der Waals surface area contributed by atoms with Crippen molar-refractivity contribution >= 4 is 10.8 Å². The number of aromatic nitrogens is 2. The Hall–Kier alpha value is -0.680. The average Bonchev–Trinajstić information content (AvgIpc) is 2.69. The molecule has 1 aromatic heterocycles. The van der Waals surface area contributed by atoms with Gasteiger partial charge >= 0.3 is 0 Å². The second-order valence-corrected chi connectivity index (χ2v) is 5.94. The van der Waals surface area contributed by atoms with Gasteiger partial charge in [0.2, 0.25) is 0 Å². The van der Waals surface area contributed by atoms with Crippen LogP contribution in [0.2, 0.25) is 0 Å². The minimum absolute atomic E-state index is 0.401. The molecule has 1 aliphatic heterocycles. The van der Waals surface area contributed by atoms with Crippen molar-refractivity contribution in [2.24, 2.45) is 0 Å². The van der Waals surface area contributed by atoms with Crippen LogP contribution in [0.5, 0.6) is 0 Å². The molecule has 0 saturated carbocycles. The third-order valence-corrected chi connectivity index (χ3v) is 3.92. The van der Waals surface area contributed by atoms with E-state index in [1.807, 2.05) is 6.33 Å². The van der Waals surface area contributed by atoms with Gasteiger partial charge < -0.3 is 9.88 Å². The van der Waals surface area contributed by atoms with Crippen molar-refractivity contribution in [2.75, 3.05) is 18.6 Å². The fraction of sp³-hybridized carbons (Fsp3) is 0.727. The number of hydrogen-bond acceptors (Lipinski definition) is 3. The van der Waals surface area contributed by atoms with Gasteiger partial charge in [0.15, 0.2) is 0 Å². The number of imidazole rings is 1. The van der Waals surface area contributed by atoms with Gasteiger partial charge in [0.05, 0.1) is 12.0 Å². The predicted molar refractivity (Wildman–Crippen MR) is 65.9 cm³/mol. The van der Waals surface area contributed by atoms with Gasteiger partial charge in [-0.2, -0.15) is 0 Å². The van der Waals surface area contributed by atoms with Crippen LogP contribution in [0.25, 0.3) is 0 Å². The molecule has 90 valence electrons. The first-order chi connectivity index (χ1) is 7.68. The molecule has 5 heteroatoms. The molecule has 2 heterocycles. The van der Waals surface area contributed by atoms with Crippen molar-refractivity contribution in [2.45, 2.75) is 32.4 Å². The lowest BCUT2D eigenvalue weighted by molar-refractivity contribution is 0.498. The highest BCUT2D eigenvalue weighted by Gasteiger charge is 2.17. The minimum Gasteiger partial charge on any atom is -0.331 e. The summed E-state index contributed by atoms with van der Waals surface area (Å²) >= 11 is 0. The van der Waals surface area contributed by atoms with E-state index in [1.54, 1.807) is 6.26 Å². The Labute approximate surface area is 98.9 Å². The van der Waals surface area contributed by atoms with E-state index in [1.165, 1.54) is 11.4 Å². The molecule has 1 N–H and O–H groups in total. The van der Waals surface area contributed by atoms with Crippen LogP contribution < -0.4 is 5.32 Å². The fourth-order valence-corrected chi connectivity index (χ4v) is 2.79. The summed E-state index contributed by atoms with van der Waals surface area (Å²) in [6.45, 7) is 4.09. The average molecular weight is 241 g/mol. The van der Waals surface area contributed by atoms with E-state index in [2.05, 4.69) is 21.8 Å². The zero-order valence-electron chi connectivity index (χ0n) is 9.90. The Balaban J connectivity index is 2.08. The van der Waals surface area contributed by atoms with E-state index in [9.17, 15) is 4.21 Å². The predicted octanol–water partition coefficient (Wildman–Crippen LogP) is 0.858. The van der Waals surface area contributed by atoms with Crippen molar-refractivity contribution in [3.05, 3.63) is 17.7 Å². The fourth-order valence-electron chi connectivity index (χ4n) is 2.12. The molecular formula is C11H19N3OS. The molecule has 0 radical (unpaired) electrons. The van der Waals surface area contributed by atoms with Crippen molar-refractivity contribution < 1.29 is 4.21 Å². The van der Waals surface area contributed by atoms with Crippen LogP contribution in [0.4, 0.5) is 0 Å². The number of nitrogens with one attached hydrogen (secondary N) is 1. The number of hydrogen-bond donors (Lipinski definition) is 1. The van der Waals surface area contributed by atoms with Crippen molar-refractivity contribution in [1.82, 2.24) is 14.9 Å². The Morgan fingerprint density at radius 1 is 1.69 bits per heavy atom. The highest BCUT2D eigenvalue weighted by molar-refractivity contribution is 7.84. The maximum Gasteiger partial charge on any atom is 0.0954 e. The zero-order valence-corrected chi connectivity index (χ0v) is 10.7. The summed E-state index contributed by atoms with van der Waals surface area (Å²) in [5, 5.41) is 3.32.